The summed E-state index contributed by atoms with van der Waals surface area (Å²) in [4.78, 5) is 23.5. The summed E-state index contributed by atoms with van der Waals surface area (Å²) in [5.74, 6) is -0.0957. The second kappa shape index (κ2) is 8.53. The largest absolute Gasteiger partial charge is 0.444 e. The SMILES string of the molecule is CC(CCNC(=O)CNC(=O)c1ccc(Br)o1)c1ccccc1. The molecule has 1 aromatic heterocycles. The Hall–Kier alpha value is -2.08. The van der Waals surface area contributed by atoms with Gasteiger partial charge in [0.25, 0.3) is 5.91 Å². The van der Waals surface area contributed by atoms with Gasteiger partial charge in [0.1, 0.15) is 0 Å². The number of rotatable bonds is 7. The molecule has 23 heavy (non-hydrogen) atoms. The monoisotopic (exact) mass is 378 g/mol. The van der Waals surface area contributed by atoms with Crippen LogP contribution in [0.1, 0.15) is 35.4 Å². The first-order valence-corrected chi connectivity index (χ1v) is 8.20. The number of amides is 2. The molecule has 1 aromatic carbocycles. The molecule has 0 saturated carbocycles. The Labute approximate surface area is 143 Å². The molecule has 1 heterocycles. The van der Waals surface area contributed by atoms with Crippen LogP contribution in [0, 0.1) is 0 Å². The van der Waals surface area contributed by atoms with Crippen LogP contribution in [-0.4, -0.2) is 24.9 Å². The maximum Gasteiger partial charge on any atom is 0.287 e. The van der Waals surface area contributed by atoms with Crippen LogP contribution in [-0.2, 0) is 4.79 Å². The number of hydrogen-bond acceptors (Lipinski definition) is 3. The third-order valence-electron chi connectivity index (χ3n) is 3.47. The lowest BCUT2D eigenvalue weighted by atomic mass is 9.98. The van der Waals surface area contributed by atoms with Gasteiger partial charge in [0.15, 0.2) is 10.4 Å². The highest BCUT2D eigenvalue weighted by Gasteiger charge is 2.12. The molecular formula is C17H19BrN2O3. The van der Waals surface area contributed by atoms with Gasteiger partial charge < -0.3 is 15.1 Å². The van der Waals surface area contributed by atoms with E-state index >= 15 is 0 Å². The first-order chi connectivity index (χ1) is 11.1. The van der Waals surface area contributed by atoms with E-state index in [4.69, 9.17) is 4.42 Å². The smallest absolute Gasteiger partial charge is 0.287 e. The van der Waals surface area contributed by atoms with Crippen molar-refractivity contribution in [3.8, 4) is 0 Å². The van der Waals surface area contributed by atoms with Gasteiger partial charge in [0.2, 0.25) is 5.91 Å². The van der Waals surface area contributed by atoms with Crippen LogP contribution in [0.4, 0.5) is 0 Å². The molecule has 0 fully saturated rings. The maximum atomic E-state index is 11.7. The second-order valence-electron chi connectivity index (χ2n) is 5.24. The van der Waals surface area contributed by atoms with Crippen molar-refractivity contribution in [1.82, 2.24) is 10.6 Å². The van der Waals surface area contributed by atoms with Crippen LogP contribution in [0.15, 0.2) is 51.6 Å². The van der Waals surface area contributed by atoms with Gasteiger partial charge in [-0.3, -0.25) is 9.59 Å². The molecule has 2 amide bonds. The number of hydrogen-bond donors (Lipinski definition) is 2. The van der Waals surface area contributed by atoms with Crippen LogP contribution < -0.4 is 10.6 Å². The zero-order chi connectivity index (χ0) is 16.7. The van der Waals surface area contributed by atoms with Crippen molar-refractivity contribution in [2.45, 2.75) is 19.3 Å². The number of carbonyl (C=O) groups excluding carboxylic acids is 2. The van der Waals surface area contributed by atoms with Gasteiger partial charge in [-0.15, -0.1) is 0 Å². The number of furan rings is 1. The Kier molecular flexibility index (Phi) is 6.40. The van der Waals surface area contributed by atoms with E-state index in [-0.39, 0.29) is 18.2 Å². The van der Waals surface area contributed by atoms with Crippen molar-refractivity contribution in [1.29, 1.82) is 0 Å². The summed E-state index contributed by atoms with van der Waals surface area (Å²) in [7, 11) is 0. The summed E-state index contributed by atoms with van der Waals surface area (Å²) in [6.45, 7) is 2.62. The maximum absolute atomic E-state index is 11.7. The summed E-state index contributed by atoms with van der Waals surface area (Å²) < 4.78 is 5.59. The predicted octanol–water partition coefficient (Wildman–Crippen LogP) is 3.08. The Morgan fingerprint density at radius 1 is 1.13 bits per heavy atom. The predicted molar refractivity (Wildman–Crippen MR) is 91.2 cm³/mol. The van der Waals surface area contributed by atoms with Gasteiger partial charge >= 0.3 is 0 Å². The third-order valence-corrected chi connectivity index (χ3v) is 3.90. The van der Waals surface area contributed by atoms with Crippen LogP contribution in [0.2, 0.25) is 0 Å². The van der Waals surface area contributed by atoms with Crippen molar-refractivity contribution < 1.29 is 14.0 Å². The lowest BCUT2D eigenvalue weighted by molar-refractivity contribution is -0.120. The van der Waals surface area contributed by atoms with Crippen molar-refractivity contribution in [2.75, 3.05) is 13.1 Å². The van der Waals surface area contributed by atoms with E-state index in [1.165, 1.54) is 5.56 Å². The Bertz CT molecular complexity index is 655. The molecule has 0 radical (unpaired) electrons. The zero-order valence-electron chi connectivity index (χ0n) is 12.8. The fraction of sp³-hybridized carbons (Fsp3) is 0.294. The normalized spacial score (nSPS) is 11.7. The third kappa shape index (κ3) is 5.56. The summed E-state index contributed by atoms with van der Waals surface area (Å²) >= 11 is 3.12. The van der Waals surface area contributed by atoms with Gasteiger partial charge in [-0.05, 0) is 46.0 Å². The van der Waals surface area contributed by atoms with Gasteiger partial charge in [-0.1, -0.05) is 37.3 Å². The molecule has 5 nitrogen and oxygen atoms in total. The quantitative estimate of drug-likeness (QED) is 0.777. The van der Waals surface area contributed by atoms with E-state index in [1.807, 2.05) is 18.2 Å². The van der Waals surface area contributed by atoms with Crippen molar-refractivity contribution >= 4 is 27.7 Å². The molecule has 0 aliphatic carbocycles. The first kappa shape index (κ1) is 17.3. The highest BCUT2D eigenvalue weighted by molar-refractivity contribution is 9.10. The molecule has 0 spiro atoms. The number of nitrogens with one attached hydrogen (secondary N) is 2. The fourth-order valence-corrected chi connectivity index (χ4v) is 2.43. The van der Waals surface area contributed by atoms with Crippen molar-refractivity contribution in [3.63, 3.8) is 0 Å². The number of benzene rings is 1. The van der Waals surface area contributed by atoms with Crippen LogP contribution in [0.25, 0.3) is 0 Å². The molecule has 6 heteroatoms. The molecular weight excluding hydrogens is 360 g/mol. The van der Waals surface area contributed by atoms with Crippen molar-refractivity contribution in [3.05, 3.63) is 58.5 Å². The van der Waals surface area contributed by atoms with Gasteiger partial charge in [0.05, 0.1) is 6.54 Å². The minimum Gasteiger partial charge on any atom is -0.444 e. The van der Waals surface area contributed by atoms with E-state index in [1.54, 1.807) is 12.1 Å². The standard InChI is InChI=1S/C17H19BrN2O3/c1-12(13-5-3-2-4-6-13)9-10-19-16(21)11-20-17(22)14-7-8-15(18)23-14/h2-8,12H,9-11H2,1H3,(H,19,21)(H,20,22). The zero-order valence-corrected chi connectivity index (χ0v) is 14.4. The second-order valence-corrected chi connectivity index (χ2v) is 6.02. The molecule has 0 aliphatic rings. The minimum atomic E-state index is -0.413. The molecule has 0 aliphatic heterocycles. The van der Waals surface area contributed by atoms with Crippen LogP contribution in [0.3, 0.4) is 0 Å². The molecule has 1 unspecified atom stereocenters. The number of halogens is 1. The summed E-state index contributed by atoms with van der Waals surface area (Å²) in [5, 5.41) is 5.32. The summed E-state index contributed by atoms with van der Waals surface area (Å²) in [5.41, 5.74) is 1.25. The van der Waals surface area contributed by atoms with E-state index in [0.29, 0.717) is 17.1 Å². The van der Waals surface area contributed by atoms with Crippen LogP contribution in [0.5, 0.6) is 0 Å². The molecule has 2 N–H and O–H groups in total. The Balaban J connectivity index is 1.66. The Morgan fingerprint density at radius 2 is 1.87 bits per heavy atom. The molecule has 122 valence electrons. The van der Waals surface area contributed by atoms with Crippen molar-refractivity contribution in [2.24, 2.45) is 0 Å². The van der Waals surface area contributed by atoms with E-state index in [9.17, 15) is 9.59 Å². The van der Waals surface area contributed by atoms with Crippen LogP contribution >= 0.6 is 15.9 Å². The fourth-order valence-electron chi connectivity index (χ4n) is 2.12. The number of carbonyl (C=O) groups is 2. The first-order valence-electron chi connectivity index (χ1n) is 7.41. The highest BCUT2D eigenvalue weighted by atomic mass is 79.9. The molecule has 0 bridgehead atoms. The Morgan fingerprint density at radius 3 is 2.52 bits per heavy atom. The molecule has 0 saturated heterocycles. The molecule has 2 rings (SSSR count). The summed E-state index contributed by atoms with van der Waals surface area (Å²) in [6, 6.07) is 13.3. The van der Waals surface area contributed by atoms with Gasteiger partial charge in [-0.2, -0.15) is 0 Å². The highest BCUT2D eigenvalue weighted by Crippen LogP contribution is 2.17. The molecule has 1 atom stereocenters. The van der Waals surface area contributed by atoms with E-state index in [2.05, 4.69) is 45.6 Å². The van der Waals surface area contributed by atoms with Gasteiger partial charge in [-0.25, -0.2) is 0 Å². The average Bonchev–Trinajstić information content (AvgIpc) is 3.00. The lowest BCUT2D eigenvalue weighted by Crippen LogP contribution is -2.37. The average molecular weight is 379 g/mol. The topological polar surface area (TPSA) is 71.3 Å². The molecule has 2 aromatic rings. The van der Waals surface area contributed by atoms with E-state index < -0.39 is 5.91 Å². The minimum absolute atomic E-state index is 0.0725. The van der Waals surface area contributed by atoms with Gasteiger partial charge in [0, 0.05) is 6.54 Å². The summed E-state index contributed by atoms with van der Waals surface area (Å²) in [6.07, 6.45) is 0.842. The lowest BCUT2D eigenvalue weighted by Gasteiger charge is -2.12. The van der Waals surface area contributed by atoms with E-state index in [0.717, 1.165) is 6.42 Å².